The van der Waals surface area contributed by atoms with Gasteiger partial charge in [-0.2, -0.15) is 0 Å². The Morgan fingerprint density at radius 1 is 1.28 bits per heavy atom. The Hall–Kier alpha value is -3.81. The molecule has 1 aliphatic heterocycles. The van der Waals surface area contributed by atoms with Crippen LogP contribution in [-0.2, 0) is 4.79 Å². The topological polar surface area (TPSA) is 101 Å². The average molecular weight is 396 g/mol. The minimum absolute atomic E-state index is 0.0262. The first-order chi connectivity index (χ1) is 13.9. The molecule has 0 saturated carbocycles. The van der Waals surface area contributed by atoms with E-state index in [0.717, 1.165) is 0 Å². The third-order valence-corrected chi connectivity index (χ3v) is 4.98. The fourth-order valence-electron chi connectivity index (χ4n) is 3.66. The number of rotatable bonds is 4. The number of carboxylic acid groups (broad SMARTS) is 1. The molecule has 3 aromatic rings. The minimum Gasteiger partial charge on any atom is -0.504 e. The maximum atomic E-state index is 14.5. The molecule has 0 bridgehead atoms. The number of aromatic nitrogens is 1. The van der Waals surface area contributed by atoms with Gasteiger partial charge >= 0.3 is 5.97 Å². The molecule has 4 rings (SSSR count). The summed E-state index contributed by atoms with van der Waals surface area (Å²) in [5.41, 5.74) is 1.24. The number of hydrogen-bond acceptors (Lipinski definition) is 4. The molecule has 0 radical (unpaired) electrons. The zero-order valence-electron chi connectivity index (χ0n) is 15.3. The van der Waals surface area contributed by atoms with Crippen molar-refractivity contribution < 1.29 is 28.9 Å². The summed E-state index contributed by atoms with van der Waals surface area (Å²) in [4.78, 5) is 24.1. The smallest absolute Gasteiger partial charge is 0.339 e. The van der Waals surface area contributed by atoms with Gasteiger partial charge in [0.1, 0.15) is 11.4 Å². The van der Waals surface area contributed by atoms with Crippen LogP contribution >= 0.6 is 0 Å². The van der Waals surface area contributed by atoms with Gasteiger partial charge in [-0.1, -0.05) is 18.2 Å². The average Bonchev–Trinajstić information content (AvgIpc) is 3.07. The van der Waals surface area contributed by atoms with E-state index in [1.165, 1.54) is 42.1 Å². The van der Waals surface area contributed by atoms with E-state index in [1.54, 1.807) is 18.2 Å². The SMILES string of the molecule is COc1cc(C2CC(=O)Nc3c(C(=O)O)cn(-c4ccccc4F)c32)ccc1O. The van der Waals surface area contributed by atoms with Crippen molar-refractivity contribution in [3.63, 3.8) is 0 Å². The van der Waals surface area contributed by atoms with Crippen LogP contribution in [0.2, 0.25) is 0 Å². The molecule has 0 spiro atoms. The van der Waals surface area contributed by atoms with Gasteiger partial charge in [-0.3, -0.25) is 4.79 Å². The third kappa shape index (κ3) is 3.08. The first-order valence-electron chi connectivity index (χ1n) is 8.81. The predicted molar refractivity (Wildman–Crippen MR) is 102 cm³/mol. The maximum Gasteiger partial charge on any atom is 0.339 e. The number of methoxy groups -OCH3 is 1. The van der Waals surface area contributed by atoms with Gasteiger partial charge in [0.25, 0.3) is 0 Å². The molecule has 1 aliphatic rings. The Labute approximate surface area is 165 Å². The van der Waals surface area contributed by atoms with Gasteiger partial charge in [-0.05, 0) is 29.8 Å². The zero-order valence-corrected chi connectivity index (χ0v) is 15.3. The first kappa shape index (κ1) is 18.5. The number of phenols is 1. The van der Waals surface area contributed by atoms with Crippen molar-refractivity contribution in [3.05, 3.63) is 71.3 Å². The van der Waals surface area contributed by atoms with Crippen molar-refractivity contribution in [2.45, 2.75) is 12.3 Å². The van der Waals surface area contributed by atoms with E-state index in [0.29, 0.717) is 11.3 Å². The number of anilines is 1. The van der Waals surface area contributed by atoms with Crippen molar-refractivity contribution in [2.75, 3.05) is 12.4 Å². The van der Waals surface area contributed by atoms with Crippen LogP contribution in [-0.4, -0.2) is 33.8 Å². The van der Waals surface area contributed by atoms with Crippen LogP contribution in [0.3, 0.4) is 0 Å². The van der Waals surface area contributed by atoms with Gasteiger partial charge in [0.05, 0.1) is 24.2 Å². The summed E-state index contributed by atoms with van der Waals surface area (Å²) in [7, 11) is 1.41. The molecular formula is C21H17FN2O5. The van der Waals surface area contributed by atoms with Gasteiger partial charge in [0.2, 0.25) is 5.91 Å². The van der Waals surface area contributed by atoms with Crippen LogP contribution < -0.4 is 10.1 Å². The van der Waals surface area contributed by atoms with E-state index in [-0.39, 0.29) is 40.8 Å². The minimum atomic E-state index is -1.24. The zero-order chi connectivity index (χ0) is 20.7. The highest BCUT2D eigenvalue weighted by molar-refractivity contribution is 6.04. The molecule has 1 unspecified atom stereocenters. The number of ether oxygens (including phenoxy) is 1. The number of aromatic carboxylic acids is 1. The molecule has 2 heterocycles. The molecule has 0 fully saturated rings. The summed E-state index contributed by atoms with van der Waals surface area (Å²) in [6.45, 7) is 0. The molecule has 1 aromatic heterocycles. The molecule has 8 heteroatoms. The number of halogens is 1. The number of benzene rings is 2. The molecule has 0 saturated heterocycles. The van der Waals surface area contributed by atoms with Crippen LogP contribution in [0, 0.1) is 5.82 Å². The number of carbonyl (C=O) groups excluding carboxylic acids is 1. The monoisotopic (exact) mass is 396 g/mol. The molecule has 7 nitrogen and oxygen atoms in total. The Morgan fingerprint density at radius 3 is 2.72 bits per heavy atom. The number of fused-ring (bicyclic) bond motifs is 1. The molecule has 2 aromatic carbocycles. The number of amides is 1. The van der Waals surface area contributed by atoms with Crippen LogP contribution in [0.25, 0.3) is 5.69 Å². The van der Waals surface area contributed by atoms with E-state index in [4.69, 9.17) is 4.74 Å². The molecule has 29 heavy (non-hydrogen) atoms. The highest BCUT2D eigenvalue weighted by atomic mass is 19.1. The number of carbonyl (C=O) groups is 2. The summed E-state index contributed by atoms with van der Waals surface area (Å²) in [6.07, 6.45) is 1.33. The number of hydrogen-bond donors (Lipinski definition) is 3. The second kappa shape index (κ2) is 6.97. The maximum absolute atomic E-state index is 14.5. The molecule has 1 atom stereocenters. The number of nitrogens with one attached hydrogen (secondary N) is 1. The lowest BCUT2D eigenvalue weighted by atomic mass is 9.88. The fraction of sp³-hybridized carbons (Fsp3) is 0.143. The van der Waals surface area contributed by atoms with Crippen molar-refractivity contribution in [1.29, 1.82) is 0 Å². The predicted octanol–water partition coefficient (Wildman–Crippen LogP) is 3.50. The van der Waals surface area contributed by atoms with Crippen LogP contribution in [0.1, 0.15) is 34.0 Å². The van der Waals surface area contributed by atoms with Gasteiger partial charge in [-0.15, -0.1) is 0 Å². The summed E-state index contributed by atoms with van der Waals surface area (Å²) in [5.74, 6) is -2.53. The fourth-order valence-corrected chi connectivity index (χ4v) is 3.66. The van der Waals surface area contributed by atoms with Crippen molar-refractivity contribution in [3.8, 4) is 17.2 Å². The number of phenolic OH excluding ortho intramolecular Hbond substituents is 1. The number of carboxylic acids is 1. The molecule has 0 aliphatic carbocycles. The normalized spacial score (nSPS) is 15.5. The summed E-state index contributed by atoms with van der Waals surface area (Å²) in [5, 5.41) is 22.1. The second-order valence-electron chi connectivity index (χ2n) is 6.67. The summed E-state index contributed by atoms with van der Waals surface area (Å²) >= 11 is 0. The van der Waals surface area contributed by atoms with Crippen molar-refractivity contribution in [2.24, 2.45) is 0 Å². The molecule has 1 amide bonds. The standard InChI is InChI=1S/C21H17FN2O5/c1-29-17-8-11(6-7-16(17)25)12-9-18(26)23-19-13(21(27)28)10-24(20(12)19)15-5-3-2-4-14(15)22/h2-8,10,12,25H,9H2,1H3,(H,23,26)(H,27,28). The molecular weight excluding hydrogens is 379 g/mol. The van der Waals surface area contributed by atoms with Crippen LogP contribution in [0.5, 0.6) is 11.5 Å². The Balaban J connectivity index is 1.99. The Kier molecular flexibility index (Phi) is 4.46. The van der Waals surface area contributed by atoms with Gasteiger partial charge in [-0.25, -0.2) is 9.18 Å². The number of para-hydroxylation sites is 1. The largest absolute Gasteiger partial charge is 0.504 e. The van der Waals surface area contributed by atoms with Crippen molar-refractivity contribution >= 4 is 17.6 Å². The number of nitrogens with zero attached hydrogens (tertiary/aromatic N) is 1. The first-order valence-corrected chi connectivity index (χ1v) is 8.81. The van der Waals surface area contributed by atoms with E-state index in [1.807, 2.05) is 0 Å². The van der Waals surface area contributed by atoms with E-state index in [9.17, 15) is 24.2 Å². The molecule has 148 valence electrons. The number of aromatic hydroxyl groups is 1. The molecule has 3 N–H and O–H groups in total. The van der Waals surface area contributed by atoms with E-state index in [2.05, 4.69) is 5.32 Å². The lowest BCUT2D eigenvalue weighted by molar-refractivity contribution is -0.116. The highest BCUT2D eigenvalue weighted by Gasteiger charge is 2.35. The van der Waals surface area contributed by atoms with E-state index >= 15 is 0 Å². The summed E-state index contributed by atoms with van der Waals surface area (Å²) in [6, 6.07) is 10.6. The van der Waals surface area contributed by atoms with Crippen LogP contribution in [0.4, 0.5) is 10.1 Å². The second-order valence-corrected chi connectivity index (χ2v) is 6.67. The van der Waals surface area contributed by atoms with Gasteiger partial charge < -0.3 is 24.8 Å². The lowest BCUT2D eigenvalue weighted by Gasteiger charge is -2.26. The highest BCUT2D eigenvalue weighted by Crippen LogP contribution is 2.43. The Bertz CT molecular complexity index is 1140. The third-order valence-electron chi connectivity index (χ3n) is 4.98. The van der Waals surface area contributed by atoms with Gasteiger partial charge in [0.15, 0.2) is 11.5 Å². The van der Waals surface area contributed by atoms with E-state index < -0.39 is 17.7 Å². The van der Waals surface area contributed by atoms with Crippen LogP contribution in [0.15, 0.2) is 48.7 Å². The lowest BCUT2D eigenvalue weighted by Crippen LogP contribution is -2.25. The quantitative estimate of drug-likeness (QED) is 0.627. The van der Waals surface area contributed by atoms with Crippen molar-refractivity contribution in [1.82, 2.24) is 4.57 Å². The Morgan fingerprint density at radius 2 is 2.03 bits per heavy atom. The van der Waals surface area contributed by atoms with Gasteiger partial charge in [0, 0.05) is 18.5 Å². The summed E-state index contributed by atoms with van der Waals surface area (Å²) < 4.78 is 21.1.